The molecule has 33 heavy (non-hydrogen) atoms. The van der Waals surface area contributed by atoms with Crippen LogP contribution in [0.2, 0.25) is 0 Å². The molecule has 0 saturated carbocycles. The zero-order valence-corrected chi connectivity index (χ0v) is 17.7. The second kappa shape index (κ2) is 8.71. The maximum atomic E-state index is 13.8. The van der Waals surface area contributed by atoms with E-state index in [1.54, 1.807) is 30.3 Å². The molecule has 0 aliphatic carbocycles. The third-order valence-electron chi connectivity index (χ3n) is 4.70. The van der Waals surface area contributed by atoms with Crippen LogP contribution < -0.4 is 20.3 Å². The summed E-state index contributed by atoms with van der Waals surface area (Å²) in [6.45, 7) is -0.00626. The Bertz CT molecular complexity index is 1320. The zero-order valence-electron chi connectivity index (χ0n) is 16.9. The van der Waals surface area contributed by atoms with Gasteiger partial charge in [0.05, 0.1) is 10.6 Å². The molecule has 3 heterocycles. The van der Waals surface area contributed by atoms with Gasteiger partial charge < -0.3 is 9.47 Å². The lowest BCUT2D eigenvalue weighted by Crippen LogP contribution is -2.51. The first-order valence-electron chi connectivity index (χ1n) is 9.84. The van der Waals surface area contributed by atoms with Gasteiger partial charge in [0.2, 0.25) is 11.9 Å². The Balaban J connectivity index is 1.32. The van der Waals surface area contributed by atoms with E-state index in [9.17, 15) is 14.0 Å². The topological polar surface area (TPSA) is 107 Å². The van der Waals surface area contributed by atoms with Crippen LogP contribution in [0.5, 0.6) is 11.5 Å². The van der Waals surface area contributed by atoms with Crippen molar-refractivity contribution in [1.82, 2.24) is 25.6 Å². The van der Waals surface area contributed by atoms with E-state index in [1.165, 1.54) is 34.2 Å². The van der Waals surface area contributed by atoms with Crippen molar-refractivity contribution in [2.24, 2.45) is 0 Å². The number of halogens is 1. The van der Waals surface area contributed by atoms with Crippen LogP contribution in [0.3, 0.4) is 0 Å². The first kappa shape index (κ1) is 20.6. The summed E-state index contributed by atoms with van der Waals surface area (Å²) >= 11 is 1.40. The lowest BCUT2D eigenvalue weighted by atomic mass is 10.2. The molecule has 166 valence electrons. The fourth-order valence-corrected chi connectivity index (χ4v) is 3.86. The Hall–Kier alpha value is -4.25. The smallest absolute Gasteiger partial charge is 0.309 e. The molecule has 5 rings (SSSR count). The number of carbonyl (C=O) groups is 2. The van der Waals surface area contributed by atoms with Gasteiger partial charge >= 0.3 is 5.91 Å². The third-order valence-corrected chi connectivity index (χ3v) is 5.57. The number of aromatic nitrogens is 3. The molecule has 0 bridgehead atoms. The molecular weight excluding hydrogens is 449 g/mol. The molecule has 1 aliphatic heterocycles. The molecule has 11 heteroatoms. The van der Waals surface area contributed by atoms with Gasteiger partial charge in [0.15, 0.2) is 17.3 Å². The van der Waals surface area contributed by atoms with Gasteiger partial charge in [0.25, 0.3) is 5.91 Å². The van der Waals surface area contributed by atoms with Crippen LogP contribution in [0, 0.1) is 5.82 Å². The molecule has 0 fully saturated rings. The Morgan fingerprint density at radius 2 is 1.91 bits per heavy atom. The summed E-state index contributed by atoms with van der Waals surface area (Å²) in [6.07, 6.45) is -0.945. The molecule has 1 atom stereocenters. The van der Waals surface area contributed by atoms with Crippen LogP contribution in [-0.4, -0.2) is 39.3 Å². The van der Waals surface area contributed by atoms with Gasteiger partial charge in [0.1, 0.15) is 12.4 Å². The average Bonchev–Trinajstić information content (AvgIpc) is 3.52. The molecule has 2 aromatic heterocycles. The number of para-hydroxylation sites is 2. The lowest BCUT2D eigenvalue weighted by molar-refractivity contribution is -0.131. The molecule has 0 spiro atoms. The Morgan fingerprint density at radius 1 is 1.06 bits per heavy atom. The summed E-state index contributed by atoms with van der Waals surface area (Å²) in [5, 5.41) is 6.08. The number of benzene rings is 2. The number of amides is 2. The van der Waals surface area contributed by atoms with Gasteiger partial charge in [-0.05, 0) is 41.8 Å². The van der Waals surface area contributed by atoms with Crippen LogP contribution in [0.15, 0.2) is 66.0 Å². The normalized spacial score (nSPS) is 14.5. The predicted octanol–water partition coefficient (Wildman–Crippen LogP) is 2.74. The van der Waals surface area contributed by atoms with E-state index in [2.05, 4.69) is 20.9 Å². The largest absolute Gasteiger partial charge is 0.485 e. The second-order valence-electron chi connectivity index (χ2n) is 6.94. The van der Waals surface area contributed by atoms with Crippen molar-refractivity contribution in [3.63, 3.8) is 0 Å². The summed E-state index contributed by atoms with van der Waals surface area (Å²) < 4.78 is 26.3. The number of hydrogen-bond donors (Lipinski definition) is 2. The standard InChI is InChI=1S/C22H16FN5O4S/c23-13-5-3-6-14(11-13)28-20(18-9-4-10-33-18)24-19(27-28)22(30)26-25-21(29)17-12-31-15-7-1-2-8-16(15)32-17/h1-11,17H,12H2,(H,25,29)(H,26,30). The highest BCUT2D eigenvalue weighted by molar-refractivity contribution is 7.13. The maximum Gasteiger partial charge on any atom is 0.309 e. The Labute approximate surface area is 190 Å². The highest BCUT2D eigenvalue weighted by atomic mass is 32.1. The van der Waals surface area contributed by atoms with Gasteiger partial charge in [0, 0.05) is 0 Å². The van der Waals surface area contributed by atoms with Crippen molar-refractivity contribution >= 4 is 23.2 Å². The number of carbonyl (C=O) groups excluding carboxylic acids is 2. The molecule has 2 aromatic carbocycles. The SMILES string of the molecule is O=C(NNC(=O)C1COc2ccccc2O1)c1nc(-c2cccs2)n(-c2cccc(F)c2)n1. The van der Waals surface area contributed by atoms with E-state index in [-0.39, 0.29) is 12.4 Å². The molecule has 2 amide bonds. The van der Waals surface area contributed by atoms with Crippen molar-refractivity contribution in [3.8, 4) is 27.9 Å². The average molecular weight is 465 g/mol. The molecule has 2 N–H and O–H groups in total. The minimum absolute atomic E-state index is 0.00626. The van der Waals surface area contributed by atoms with Crippen molar-refractivity contribution in [3.05, 3.63) is 77.7 Å². The summed E-state index contributed by atoms with van der Waals surface area (Å²) in [5.41, 5.74) is 4.99. The fourth-order valence-electron chi connectivity index (χ4n) is 3.16. The maximum absolute atomic E-state index is 13.8. The molecule has 0 saturated heterocycles. The number of hydrogen-bond acceptors (Lipinski definition) is 7. The second-order valence-corrected chi connectivity index (χ2v) is 7.88. The number of fused-ring (bicyclic) bond motifs is 1. The van der Waals surface area contributed by atoms with E-state index in [4.69, 9.17) is 9.47 Å². The number of nitrogens with zero attached hydrogens (tertiary/aromatic N) is 3. The Morgan fingerprint density at radius 3 is 2.70 bits per heavy atom. The van der Waals surface area contributed by atoms with Gasteiger partial charge in [-0.3, -0.25) is 20.4 Å². The minimum atomic E-state index is -0.945. The molecule has 0 radical (unpaired) electrons. The first-order valence-corrected chi connectivity index (χ1v) is 10.7. The Kier molecular flexibility index (Phi) is 5.45. The van der Waals surface area contributed by atoms with Gasteiger partial charge in [-0.15, -0.1) is 16.4 Å². The summed E-state index contributed by atoms with van der Waals surface area (Å²) in [6, 6.07) is 16.4. The van der Waals surface area contributed by atoms with Crippen molar-refractivity contribution in [1.29, 1.82) is 0 Å². The van der Waals surface area contributed by atoms with Crippen LogP contribution in [0.1, 0.15) is 10.6 Å². The van der Waals surface area contributed by atoms with E-state index in [0.717, 1.165) is 4.88 Å². The minimum Gasteiger partial charge on any atom is -0.485 e. The van der Waals surface area contributed by atoms with Crippen LogP contribution in [0.4, 0.5) is 4.39 Å². The quantitative estimate of drug-likeness (QED) is 0.449. The molecule has 1 unspecified atom stereocenters. The predicted molar refractivity (Wildman–Crippen MR) is 117 cm³/mol. The number of nitrogens with one attached hydrogen (secondary N) is 2. The van der Waals surface area contributed by atoms with E-state index in [1.807, 2.05) is 17.5 Å². The molecule has 1 aliphatic rings. The van der Waals surface area contributed by atoms with E-state index < -0.39 is 23.7 Å². The van der Waals surface area contributed by atoms with Crippen LogP contribution in [0.25, 0.3) is 16.4 Å². The van der Waals surface area contributed by atoms with Crippen molar-refractivity contribution in [2.45, 2.75) is 6.10 Å². The molecule has 4 aromatic rings. The highest BCUT2D eigenvalue weighted by Crippen LogP contribution is 2.31. The van der Waals surface area contributed by atoms with Crippen LogP contribution >= 0.6 is 11.3 Å². The first-order chi connectivity index (χ1) is 16.1. The molecular formula is C22H16FN5O4S. The van der Waals surface area contributed by atoms with Crippen LogP contribution in [-0.2, 0) is 4.79 Å². The number of ether oxygens (including phenoxy) is 2. The number of hydrazine groups is 1. The summed E-state index contributed by atoms with van der Waals surface area (Å²) in [5.74, 6) is -0.643. The van der Waals surface area contributed by atoms with E-state index in [0.29, 0.717) is 23.0 Å². The monoisotopic (exact) mass is 465 g/mol. The highest BCUT2D eigenvalue weighted by Gasteiger charge is 2.28. The summed E-state index contributed by atoms with van der Waals surface area (Å²) in [7, 11) is 0. The number of rotatable bonds is 4. The van der Waals surface area contributed by atoms with Gasteiger partial charge in [-0.25, -0.2) is 14.1 Å². The van der Waals surface area contributed by atoms with Crippen molar-refractivity contribution < 1.29 is 23.5 Å². The zero-order chi connectivity index (χ0) is 22.8. The van der Waals surface area contributed by atoms with E-state index >= 15 is 0 Å². The van der Waals surface area contributed by atoms with Gasteiger partial charge in [-0.1, -0.05) is 24.3 Å². The summed E-state index contributed by atoms with van der Waals surface area (Å²) in [4.78, 5) is 30.1. The molecule has 9 nitrogen and oxygen atoms in total. The third kappa shape index (κ3) is 4.26. The van der Waals surface area contributed by atoms with Crippen molar-refractivity contribution in [2.75, 3.05) is 6.61 Å². The number of thiophene rings is 1. The van der Waals surface area contributed by atoms with Gasteiger partial charge in [-0.2, -0.15) is 0 Å². The lowest BCUT2D eigenvalue weighted by Gasteiger charge is -2.25. The fraction of sp³-hybridized carbons (Fsp3) is 0.0909.